The van der Waals surface area contributed by atoms with Crippen molar-refractivity contribution in [1.29, 1.82) is 0 Å². The summed E-state index contributed by atoms with van der Waals surface area (Å²) in [6.45, 7) is 2.46. The summed E-state index contributed by atoms with van der Waals surface area (Å²) < 4.78 is 81.3. The molecule has 0 aliphatic heterocycles. The van der Waals surface area contributed by atoms with Crippen LogP contribution in [0.15, 0.2) is 10.7 Å². The Morgan fingerprint density at radius 2 is 1.84 bits per heavy atom. The Kier molecular flexibility index (Phi) is 4.66. The summed E-state index contributed by atoms with van der Waals surface area (Å²) in [6.07, 6.45) is -15.3. The minimum atomic E-state index is -5.60. The molecule has 0 amide bonds. The van der Waals surface area contributed by atoms with Crippen molar-refractivity contribution in [2.45, 2.75) is 31.9 Å². The Labute approximate surface area is 103 Å². The normalized spacial score (nSPS) is 13.1. The van der Waals surface area contributed by atoms with E-state index in [1.807, 2.05) is 0 Å². The number of hydrogen-bond donors (Lipinski definition) is 1. The van der Waals surface area contributed by atoms with E-state index >= 15 is 0 Å². The van der Waals surface area contributed by atoms with Crippen molar-refractivity contribution in [1.82, 2.24) is 10.3 Å². The molecule has 19 heavy (non-hydrogen) atoms. The fourth-order valence-electron chi connectivity index (χ4n) is 1.10. The van der Waals surface area contributed by atoms with Gasteiger partial charge >= 0.3 is 18.4 Å². The molecule has 0 aromatic carbocycles. The number of hydrogen-bond acceptors (Lipinski definition) is 4. The van der Waals surface area contributed by atoms with E-state index in [9.17, 15) is 26.3 Å². The van der Waals surface area contributed by atoms with Crippen LogP contribution in [0.1, 0.15) is 12.6 Å². The first kappa shape index (κ1) is 15.6. The molecule has 1 rings (SSSR count). The van der Waals surface area contributed by atoms with Crippen LogP contribution < -0.4 is 10.1 Å². The van der Waals surface area contributed by atoms with E-state index in [1.54, 1.807) is 6.92 Å². The van der Waals surface area contributed by atoms with Gasteiger partial charge in [0.05, 0.1) is 5.69 Å². The largest absolute Gasteiger partial charge is 0.434 e. The smallest absolute Gasteiger partial charge is 0.427 e. The van der Waals surface area contributed by atoms with E-state index in [0.717, 1.165) is 6.26 Å². The third-order valence-electron chi connectivity index (χ3n) is 1.90. The predicted molar refractivity (Wildman–Crippen MR) is 50.4 cm³/mol. The average molecular weight is 292 g/mol. The summed E-state index contributed by atoms with van der Waals surface area (Å²) in [6, 6.07) is 0. The summed E-state index contributed by atoms with van der Waals surface area (Å²) in [5.74, 6) is 0. The van der Waals surface area contributed by atoms with E-state index in [2.05, 4.69) is 19.5 Å². The molecule has 1 heterocycles. The molecule has 1 aromatic heterocycles. The Hall–Kier alpha value is -1.45. The fraction of sp³-hybridized carbons (Fsp3) is 0.667. The first-order chi connectivity index (χ1) is 8.64. The molecule has 0 spiro atoms. The van der Waals surface area contributed by atoms with Crippen LogP contribution in [0, 0.1) is 0 Å². The first-order valence-electron chi connectivity index (χ1n) is 5.09. The van der Waals surface area contributed by atoms with Crippen molar-refractivity contribution >= 4 is 0 Å². The SMILES string of the molecule is CCNCc1coc(OC(C(F)(F)F)C(F)(F)F)n1. The van der Waals surface area contributed by atoms with Gasteiger partial charge in [0.25, 0.3) is 6.10 Å². The van der Waals surface area contributed by atoms with Crippen LogP contribution in [0.3, 0.4) is 0 Å². The van der Waals surface area contributed by atoms with Gasteiger partial charge in [0.2, 0.25) is 0 Å². The summed E-state index contributed by atoms with van der Waals surface area (Å²) in [5.41, 5.74) is 0.139. The predicted octanol–water partition coefficient (Wildman–Crippen LogP) is 2.66. The van der Waals surface area contributed by atoms with Gasteiger partial charge in [-0.25, -0.2) is 0 Å². The third kappa shape index (κ3) is 4.62. The maximum absolute atomic E-state index is 12.2. The number of ether oxygens (including phenoxy) is 1. The van der Waals surface area contributed by atoms with Crippen LogP contribution in [0.2, 0.25) is 0 Å². The minimum absolute atomic E-state index is 0.139. The first-order valence-corrected chi connectivity index (χ1v) is 5.09. The molecule has 0 saturated heterocycles. The Bertz CT molecular complexity index is 386. The van der Waals surface area contributed by atoms with Gasteiger partial charge in [0, 0.05) is 6.54 Å². The zero-order valence-electron chi connectivity index (χ0n) is 9.60. The number of rotatable bonds is 5. The second-order valence-electron chi connectivity index (χ2n) is 3.47. The van der Waals surface area contributed by atoms with Crippen molar-refractivity contribution in [3.63, 3.8) is 0 Å². The van der Waals surface area contributed by atoms with Gasteiger partial charge in [-0.3, -0.25) is 0 Å². The molecule has 0 unspecified atom stereocenters. The molecule has 0 saturated carbocycles. The zero-order valence-corrected chi connectivity index (χ0v) is 9.60. The number of oxazole rings is 1. The Morgan fingerprint density at radius 1 is 1.26 bits per heavy atom. The highest BCUT2D eigenvalue weighted by molar-refractivity contribution is 5.00. The minimum Gasteiger partial charge on any atom is -0.427 e. The van der Waals surface area contributed by atoms with Crippen LogP contribution >= 0.6 is 0 Å². The van der Waals surface area contributed by atoms with Gasteiger partial charge in [-0.1, -0.05) is 6.92 Å². The number of halogens is 6. The highest BCUT2D eigenvalue weighted by Gasteiger charge is 2.59. The van der Waals surface area contributed by atoms with Gasteiger partial charge in [-0.15, -0.1) is 0 Å². The average Bonchev–Trinajstić information content (AvgIpc) is 2.67. The van der Waals surface area contributed by atoms with Crippen LogP contribution in [0.4, 0.5) is 26.3 Å². The summed E-state index contributed by atoms with van der Waals surface area (Å²) >= 11 is 0. The molecule has 4 nitrogen and oxygen atoms in total. The maximum atomic E-state index is 12.2. The van der Waals surface area contributed by atoms with Crippen LogP contribution in [0.25, 0.3) is 0 Å². The summed E-state index contributed by atoms with van der Waals surface area (Å²) in [5, 5.41) is 2.77. The van der Waals surface area contributed by atoms with Crippen LogP contribution in [0.5, 0.6) is 6.08 Å². The fourth-order valence-corrected chi connectivity index (χ4v) is 1.10. The second kappa shape index (κ2) is 5.68. The van der Waals surface area contributed by atoms with E-state index < -0.39 is 24.5 Å². The molecule has 0 aliphatic carbocycles. The van der Waals surface area contributed by atoms with E-state index in [-0.39, 0.29) is 12.2 Å². The monoisotopic (exact) mass is 292 g/mol. The van der Waals surface area contributed by atoms with Gasteiger partial charge in [0.15, 0.2) is 0 Å². The highest BCUT2D eigenvalue weighted by Crippen LogP contribution is 2.36. The standard InChI is InChI=1S/C9H10F6N2O2/c1-2-16-3-5-4-18-7(17-5)19-6(8(10,11)12)9(13,14)15/h4,6,16H,2-3H2,1H3. The molecule has 1 aromatic rings. The quantitative estimate of drug-likeness (QED) is 0.848. The third-order valence-corrected chi connectivity index (χ3v) is 1.90. The summed E-state index contributed by atoms with van der Waals surface area (Å²) in [7, 11) is 0. The topological polar surface area (TPSA) is 47.3 Å². The molecule has 0 radical (unpaired) electrons. The molecular weight excluding hydrogens is 282 g/mol. The zero-order chi connectivity index (χ0) is 14.7. The molecule has 0 aliphatic rings. The van der Waals surface area contributed by atoms with Crippen molar-refractivity contribution in [2.75, 3.05) is 6.54 Å². The molecule has 0 fully saturated rings. The van der Waals surface area contributed by atoms with Gasteiger partial charge in [-0.05, 0) is 6.54 Å². The van der Waals surface area contributed by atoms with Crippen molar-refractivity contribution < 1.29 is 35.5 Å². The lowest BCUT2D eigenvalue weighted by molar-refractivity contribution is -0.303. The Balaban J connectivity index is 2.77. The number of nitrogens with zero attached hydrogens (tertiary/aromatic N) is 1. The molecule has 1 N–H and O–H groups in total. The summed E-state index contributed by atoms with van der Waals surface area (Å²) in [4.78, 5) is 3.36. The highest BCUT2D eigenvalue weighted by atomic mass is 19.4. The van der Waals surface area contributed by atoms with Gasteiger partial charge in [0.1, 0.15) is 6.26 Å². The molecule has 0 atom stereocenters. The van der Waals surface area contributed by atoms with Gasteiger partial charge in [-0.2, -0.15) is 31.3 Å². The maximum Gasteiger partial charge on any atom is 0.434 e. The lowest BCUT2D eigenvalue weighted by atomic mass is 10.3. The molecule has 0 bridgehead atoms. The Morgan fingerprint density at radius 3 is 2.32 bits per heavy atom. The number of alkyl halides is 6. The lowest BCUT2D eigenvalue weighted by Gasteiger charge is -2.21. The van der Waals surface area contributed by atoms with Crippen molar-refractivity contribution in [3.8, 4) is 6.08 Å². The van der Waals surface area contributed by atoms with E-state index in [0.29, 0.717) is 6.54 Å². The molecular formula is C9H10F6N2O2. The van der Waals surface area contributed by atoms with Crippen LogP contribution in [-0.2, 0) is 6.54 Å². The number of nitrogens with one attached hydrogen (secondary N) is 1. The molecule has 10 heteroatoms. The van der Waals surface area contributed by atoms with E-state index in [1.165, 1.54) is 0 Å². The van der Waals surface area contributed by atoms with Crippen molar-refractivity contribution in [3.05, 3.63) is 12.0 Å². The van der Waals surface area contributed by atoms with Crippen molar-refractivity contribution in [2.24, 2.45) is 0 Å². The van der Waals surface area contributed by atoms with Gasteiger partial charge < -0.3 is 14.5 Å². The lowest BCUT2D eigenvalue weighted by Crippen LogP contribution is -2.46. The van der Waals surface area contributed by atoms with E-state index in [4.69, 9.17) is 0 Å². The number of aromatic nitrogens is 1. The molecule has 110 valence electrons. The second-order valence-corrected chi connectivity index (χ2v) is 3.47. The van der Waals surface area contributed by atoms with Crippen LogP contribution in [-0.4, -0.2) is 30.0 Å².